The first-order valence-corrected chi connectivity index (χ1v) is 9.74. The molecule has 2 heterocycles. The number of benzene rings is 2. The summed E-state index contributed by atoms with van der Waals surface area (Å²) >= 11 is 5.40. The molecule has 2 aromatic carbocycles. The third-order valence-electron chi connectivity index (χ3n) is 4.82. The number of para-hydroxylation sites is 1. The molecule has 1 aliphatic heterocycles. The van der Waals surface area contributed by atoms with E-state index >= 15 is 0 Å². The average molecular weight is 383 g/mol. The summed E-state index contributed by atoms with van der Waals surface area (Å²) in [7, 11) is 0. The van der Waals surface area contributed by atoms with E-state index in [1.165, 1.54) is 0 Å². The maximum Gasteiger partial charge on any atom is 0.170 e. The predicted molar refractivity (Wildman–Crippen MR) is 112 cm³/mol. The summed E-state index contributed by atoms with van der Waals surface area (Å²) in [5.41, 5.74) is 2.92. The molecule has 0 atom stereocenters. The molecule has 5 nitrogen and oxygen atoms in total. The molecule has 1 aromatic heterocycles. The van der Waals surface area contributed by atoms with Crippen LogP contribution in [0.3, 0.4) is 0 Å². The van der Waals surface area contributed by atoms with Crippen LogP contribution < -0.4 is 15.5 Å². The first-order chi connectivity index (χ1) is 13.3. The van der Waals surface area contributed by atoms with Gasteiger partial charge in [0.25, 0.3) is 0 Å². The van der Waals surface area contributed by atoms with Crippen LogP contribution in [0.15, 0.2) is 59.0 Å². The van der Waals surface area contributed by atoms with Gasteiger partial charge in [0.05, 0.1) is 26.3 Å². The fraction of sp³-hybridized carbons (Fsp3) is 0.286. The first kappa shape index (κ1) is 18.0. The molecule has 27 heavy (non-hydrogen) atoms. The fourth-order valence-electron chi connectivity index (χ4n) is 3.28. The van der Waals surface area contributed by atoms with E-state index in [0.29, 0.717) is 5.11 Å². The Morgan fingerprint density at radius 2 is 1.81 bits per heavy atom. The average Bonchev–Trinajstić information content (AvgIpc) is 3.13. The zero-order valence-corrected chi connectivity index (χ0v) is 16.0. The second-order valence-corrected chi connectivity index (χ2v) is 7.13. The number of rotatable bonds is 5. The van der Waals surface area contributed by atoms with Crippen molar-refractivity contribution in [2.45, 2.75) is 0 Å². The van der Waals surface area contributed by atoms with E-state index in [2.05, 4.69) is 22.8 Å². The van der Waals surface area contributed by atoms with E-state index in [9.17, 15) is 0 Å². The van der Waals surface area contributed by atoms with Crippen molar-refractivity contribution in [2.75, 3.05) is 44.7 Å². The topological polar surface area (TPSA) is 50.9 Å². The maximum atomic E-state index is 5.92. The summed E-state index contributed by atoms with van der Waals surface area (Å²) in [4.78, 5) is 1.56. The van der Waals surface area contributed by atoms with Crippen LogP contribution in [0.2, 0.25) is 0 Å². The van der Waals surface area contributed by atoms with Gasteiger partial charge < -0.3 is 24.7 Å². The molecule has 140 valence electrons. The van der Waals surface area contributed by atoms with E-state index in [4.69, 9.17) is 21.4 Å². The molecule has 6 heteroatoms. The van der Waals surface area contributed by atoms with Crippen LogP contribution >= 0.6 is 12.2 Å². The van der Waals surface area contributed by atoms with Gasteiger partial charge in [-0.3, -0.25) is 0 Å². The van der Waals surface area contributed by atoms with Crippen LogP contribution in [-0.2, 0) is 4.74 Å². The Kier molecular flexibility index (Phi) is 5.67. The third-order valence-corrected chi connectivity index (χ3v) is 5.06. The van der Waals surface area contributed by atoms with Crippen LogP contribution in [0.4, 0.5) is 5.69 Å². The SMILES string of the molecule is S=C(NCC[NH+]1CCOCC1)Nc1ccc(-c2cc3ccccc3o2)cc1. The number of hydrogen-bond acceptors (Lipinski definition) is 3. The summed E-state index contributed by atoms with van der Waals surface area (Å²) in [6.45, 7) is 5.77. The van der Waals surface area contributed by atoms with E-state index < -0.39 is 0 Å². The van der Waals surface area contributed by atoms with Crippen molar-refractivity contribution >= 4 is 34.0 Å². The predicted octanol–water partition coefficient (Wildman–Crippen LogP) is 2.30. The minimum Gasteiger partial charge on any atom is -0.456 e. The largest absolute Gasteiger partial charge is 0.456 e. The summed E-state index contributed by atoms with van der Waals surface area (Å²) in [5, 5.41) is 8.29. The van der Waals surface area contributed by atoms with Crippen LogP contribution in [0.25, 0.3) is 22.3 Å². The van der Waals surface area contributed by atoms with Crippen molar-refractivity contribution in [3.05, 3.63) is 54.6 Å². The van der Waals surface area contributed by atoms with Gasteiger partial charge in [0.1, 0.15) is 24.4 Å². The van der Waals surface area contributed by atoms with Crippen LogP contribution in [0.1, 0.15) is 0 Å². The highest BCUT2D eigenvalue weighted by molar-refractivity contribution is 7.80. The Morgan fingerprint density at radius 3 is 2.59 bits per heavy atom. The zero-order valence-electron chi connectivity index (χ0n) is 15.2. The number of anilines is 1. The van der Waals surface area contributed by atoms with Crippen molar-refractivity contribution in [2.24, 2.45) is 0 Å². The van der Waals surface area contributed by atoms with Crippen molar-refractivity contribution < 1.29 is 14.1 Å². The number of ether oxygens (including phenoxy) is 1. The monoisotopic (exact) mass is 382 g/mol. The van der Waals surface area contributed by atoms with Crippen molar-refractivity contribution in [1.82, 2.24) is 5.32 Å². The Labute approximate surface area is 164 Å². The number of nitrogens with one attached hydrogen (secondary N) is 3. The summed E-state index contributed by atoms with van der Waals surface area (Å²) in [5.74, 6) is 0.872. The number of fused-ring (bicyclic) bond motifs is 1. The van der Waals surface area contributed by atoms with Crippen molar-refractivity contribution in [3.63, 3.8) is 0 Å². The van der Waals surface area contributed by atoms with Gasteiger partial charge in [-0.1, -0.05) is 18.2 Å². The molecule has 0 unspecified atom stereocenters. The highest BCUT2D eigenvalue weighted by Gasteiger charge is 2.13. The molecular weight excluding hydrogens is 358 g/mol. The van der Waals surface area contributed by atoms with Crippen LogP contribution in [-0.4, -0.2) is 44.5 Å². The molecule has 4 rings (SSSR count). The van der Waals surface area contributed by atoms with E-state index in [1.54, 1.807) is 4.90 Å². The number of furan rings is 1. The molecular formula is C21H24N3O2S+. The van der Waals surface area contributed by atoms with Gasteiger partial charge in [-0.05, 0) is 48.6 Å². The Morgan fingerprint density at radius 1 is 1.04 bits per heavy atom. The third kappa shape index (κ3) is 4.66. The lowest BCUT2D eigenvalue weighted by Gasteiger charge is -2.24. The number of quaternary nitrogens is 1. The molecule has 0 spiro atoms. The lowest BCUT2D eigenvalue weighted by atomic mass is 10.1. The van der Waals surface area contributed by atoms with Crippen molar-refractivity contribution in [3.8, 4) is 11.3 Å². The first-order valence-electron chi connectivity index (χ1n) is 9.33. The lowest BCUT2D eigenvalue weighted by Crippen LogP contribution is -3.14. The fourth-order valence-corrected chi connectivity index (χ4v) is 3.50. The Balaban J connectivity index is 1.30. The van der Waals surface area contributed by atoms with Gasteiger partial charge in [-0.2, -0.15) is 0 Å². The van der Waals surface area contributed by atoms with E-state index in [1.807, 2.05) is 42.5 Å². The normalized spacial score (nSPS) is 15.0. The summed E-state index contributed by atoms with van der Waals surface area (Å²) in [6, 6.07) is 18.2. The quantitative estimate of drug-likeness (QED) is 0.591. The number of thiocarbonyl (C=S) groups is 1. The van der Waals surface area contributed by atoms with Gasteiger partial charge in [0.15, 0.2) is 5.11 Å². The molecule has 3 N–H and O–H groups in total. The molecule has 3 aromatic rings. The van der Waals surface area contributed by atoms with Gasteiger partial charge in [0, 0.05) is 16.6 Å². The van der Waals surface area contributed by atoms with Crippen molar-refractivity contribution in [1.29, 1.82) is 0 Å². The van der Waals surface area contributed by atoms with Gasteiger partial charge in [-0.15, -0.1) is 0 Å². The van der Waals surface area contributed by atoms with Gasteiger partial charge >= 0.3 is 0 Å². The number of hydrogen-bond donors (Lipinski definition) is 3. The summed E-state index contributed by atoms with van der Waals surface area (Å²) < 4.78 is 11.3. The second-order valence-electron chi connectivity index (χ2n) is 6.72. The molecule has 0 saturated carbocycles. The minimum absolute atomic E-state index is 0.652. The molecule has 1 aliphatic rings. The molecule has 0 bridgehead atoms. The molecule has 1 saturated heterocycles. The van der Waals surface area contributed by atoms with Gasteiger partial charge in [0.2, 0.25) is 0 Å². The van der Waals surface area contributed by atoms with E-state index in [-0.39, 0.29) is 0 Å². The lowest BCUT2D eigenvalue weighted by molar-refractivity contribution is -0.906. The molecule has 0 amide bonds. The molecule has 0 radical (unpaired) electrons. The highest BCUT2D eigenvalue weighted by atomic mass is 32.1. The zero-order chi connectivity index (χ0) is 18.5. The second kappa shape index (κ2) is 8.52. The van der Waals surface area contributed by atoms with Crippen LogP contribution in [0, 0.1) is 0 Å². The Bertz CT molecular complexity index is 868. The standard InChI is InChI=1S/C21H23N3O2S/c27-21(22-9-10-24-11-13-25-14-12-24)23-18-7-5-16(6-8-18)20-15-17-3-1-2-4-19(17)26-20/h1-8,15H,9-14H2,(H2,22,23,27)/p+1. The number of morpholine rings is 1. The highest BCUT2D eigenvalue weighted by Crippen LogP contribution is 2.28. The van der Waals surface area contributed by atoms with E-state index in [0.717, 1.165) is 67.4 Å². The maximum absolute atomic E-state index is 5.92. The Hall–Kier alpha value is -2.41. The summed E-state index contributed by atoms with van der Waals surface area (Å²) in [6.07, 6.45) is 0. The van der Waals surface area contributed by atoms with Gasteiger partial charge in [-0.25, -0.2) is 0 Å². The minimum atomic E-state index is 0.652. The smallest absolute Gasteiger partial charge is 0.170 e. The molecule has 0 aliphatic carbocycles. The molecule has 1 fully saturated rings. The van der Waals surface area contributed by atoms with Crippen LogP contribution in [0.5, 0.6) is 0 Å².